The van der Waals surface area contributed by atoms with Crippen molar-refractivity contribution in [3.05, 3.63) is 57.9 Å². The van der Waals surface area contributed by atoms with Crippen LogP contribution in [0.15, 0.2) is 40.9 Å². The third-order valence-corrected chi connectivity index (χ3v) is 4.18. The molecule has 2 aromatic carbocycles. The second-order valence-electron chi connectivity index (χ2n) is 5.26. The van der Waals surface area contributed by atoms with Crippen molar-refractivity contribution in [1.82, 2.24) is 10.1 Å². The van der Waals surface area contributed by atoms with Crippen LogP contribution in [0.5, 0.6) is 11.5 Å². The molecule has 9 heteroatoms. The van der Waals surface area contributed by atoms with Crippen LogP contribution in [0, 0.1) is 0 Å². The standard InChI is InChI=1S/C17H10Cl2N2O5/c18-11-4-2-1-3-10(11)16-20-14(26-21-16)7-23-17(22)9-5-12(19)15-13(6-9)24-8-25-15/h1-6H,7-8H2. The first-order valence-corrected chi connectivity index (χ1v) is 8.21. The Morgan fingerprint density at radius 3 is 2.85 bits per heavy atom. The Bertz CT molecular complexity index is 989. The molecule has 2 heterocycles. The molecule has 0 aliphatic carbocycles. The number of esters is 1. The van der Waals surface area contributed by atoms with Crippen LogP contribution in [-0.2, 0) is 11.3 Å². The molecular weight excluding hydrogens is 383 g/mol. The summed E-state index contributed by atoms with van der Waals surface area (Å²) in [5.41, 5.74) is 0.850. The summed E-state index contributed by atoms with van der Waals surface area (Å²) in [6, 6.07) is 10.0. The summed E-state index contributed by atoms with van der Waals surface area (Å²) in [6.07, 6.45) is 0. The quantitative estimate of drug-likeness (QED) is 0.617. The van der Waals surface area contributed by atoms with Gasteiger partial charge in [-0.1, -0.05) is 40.5 Å². The van der Waals surface area contributed by atoms with Crippen LogP contribution in [0.2, 0.25) is 10.0 Å². The minimum Gasteiger partial charge on any atom is -0.454 e. The Hall–Kier alpha value is -2.77. The van der Waals surface area contributed by atoms with E-state index in [4.69, 9.17) is 41.9 Å². The van der Waals surface area contributed by atoms with Gasteiger partial charge < -0.3 is 18.7 Å². The average molecular weight is 393 g/mol. The number of aromatic nitrogens is 2. The fourth-order valence-electron chi connectivity index (χ4n) is 2.36. The Kier molecular flexibility index (Phi) is 4.40. The molecule has 132 valence electrons. The van der Waals surface area contributed by atoms with Crippen molar-refractivity contribution in [2.24, 2.45) is 0 Å². The van der Waals surface area contributed by atoms with Gasteiger partial charge in [-0.2, -0.15) is 4.98 Å². The maximum Gasteiger partial charge on any atom is 0.338 e. The van der Waals surface area contributed by atoms with Crippen LogP contribution in [0.25, 0.3) is 11.4 Å². The normalized spacial score (nSPS) is 12.2. The molecule has 0 radical (unpaired) electrons. The van der Waals surface area contributed by atoms with Crippen LogP contribution in [0.4, 0.5) is 0 Å². The third kappa shape index (κ3) is 3.18. The zero-order valence-corrected chi connectivity index (χ0v) is 14.6. The van der Waals surface area contributed by atoms with Gasteiger partial charge in [0.05, 0.1) is 15.6 Å². The lowest BCUT2D eigenvalue weighted by Crippen LogP contribution is -2.05. The largest absolute Gasteiger partial charge is 0.454 e. The predicted octanol–water partition coefficient (Wildman–Crippen LogP) is 4.13. The maximum absolute atomic E-state index is 12.2. The van der Waals surface area contributed by atoms with Gasteiger partial charge in [0.15, 0.2) is 18.1 Å². The van der Waals surface area contributed by atoms with Gasteiger partial charge in [0, 0.05) is 5.56 Å². The molecule has 0 bridgehead atoms. The maximum atomic E-state index is 12.2. The van der Waals surface area contributed by atoms with Crippen molar-refractivity contribution in [3.63, 3.8) is 0 Å². The summed E-state index contributed by atoms with van der Waals surface area (Å²) in [7, 11) is 0. The molecule has 1 aromatic heterocycles. The number of rotatable bonds is 4. The minimum atomic E-state index is -0.609. The fourth-order valence-corrected chi connectivity index (χ4v) is 2.85. The lowest BCUT2D eigenvalue weighted by atomic mass is 10.2. The Labute approximate surface area is 157 Å². The Morgan fingerprint density at radius 1 is 1.15 bits per heavy atom. The number of fused-ring (bicyclic) bond motifs is 1. The predicted molar refractivity (Wildman–Crippen MR) is 91.4 cm³/mol. The van der Waals surface area contributed by atoms with Gasteiger partial charge in [-0.05, 0) is 24.3 Å². The van der Waals surface area contributed by atoms with E-state index in [0.717, 1.165) is 0 Å². The summed E-state index contributed by atoms with van der Waals surface area (Å²) < 4.78 is 20.7. The van der Waals surface area contributed by atoms with Crippen LogP contribution in [-0.4, -0.2) is 22.9 Å². The topological polar surface area (TPSA) is 83.7 Å². The van der Waals surface area contributed by atoms with E-state index in [0.29, 0.717) is 27.9 Å². The van der Waals surface area contributed by atoms with E-state index in [-0.39, 0.29) is 29.9 Å². The molecule has 0 fully saturated rings. The van der Waals surface area contributed by atoms with Gasteiger partial charge in [0.2, 0.25) is 12.6 Å². The molecule has 1 aliphatic heterocycles. The molecule has 0 N–H and O–H groups in total. The van der Waals surface area contributed by atoms with Crippen molar-refractivity contribution in [1.29, 1.82) is 0 Å². The van der Waals surface area contributed by atoms with E-state index in [2.05, 4.69) is 10.1 Å². The van der Waals surface area contributed by atoms with Gasteiger partial charge in [-0.25, -0.2) is 4.79 Å². The van der Waals surface area contributed by atoms with Crippen molar-refractivity contribution >= 4 is 29.2 Å². The molecule has 3 aromatic rings. The molecular formula is C17H10Cl2N2O5. The van der Waals surface area contributed by atoms with Gasteiger partial charge in [0.1, 0.15) is 0 Å². The number of carbonyl (C=O) groups excluding carboxylic acids is 1. The van der Waals surface area contributed by atoms with Crippen LogP contribution in [0.1, 0.15) is 16.2 Å². The molecule has 0 spiro atoms. The van der Waals surface area contributed by atoms with Gasteiger partial charge in [-0.3, -0.25) is 0 Å². The van der Waals surface area contributed by atoms with Crippen molar-refractivity contribution < 1.29 is 23.5 Å². The first-order chi connectivity index (χ1) is 12.6. The monoisotopic (exact) mass is 392 g/mol. The Balaban J connectivity index is 1.46. The number of nitrogens with zero attached hydrogens (tertiary/aromatic N) is 2. The molecule has 0 atom stereocenters. The third-order valence-electron chi connectivity index (χ3n) is 3.57. The van der Waals surface area contributed by atoms with E-state index < -0.39 is 5.97 Å². The Morgan fingerprint density at radius 2 is 2.00 bits per heavy atom. The lowest BCUT2D eigenvalue weighted by molar-refractivity contribution is 0.0429. The minimum absolute atomic E-state index is 0.0559. The second kappa shape index (κ2) is 6.86. The molecule has 26 heavy (non-hydrogen) atoms. The first-order valence-electron chi connectivity index (χ1n) is 7.45. The highest BCUT2D eigenvalue weighted by Gasteiger charge is 2.22. The SMILES string of the molecule is O=C(OCc1nc(-c2ccccc2Cl)no1)c1cc(Cl)c2c(c1)OCO2. The second-order valence-corrected chi connectivity index (χ2v) is 6.07. The van der Waals surface area contributed by atoms with E-state index >= 15 is 0 Å². The number of hydrogen-bond acceptors (Lipinski definition) is 7. The molecule has 0 unspecified atom stereocenters. The van der Waals surface area contributed by atoms with Crippen LogP contribution >= 0.6 is 23.2 Å². The van der Waals surface area contributed by atoms with E-state index in [1.165, 1.54) is 12.1 Å². The highest BCUT2D eigenvalue weighted by molar-refractivity contribution is 6.33. The number of carbonyl (C=O) groups is 1. The summed E-state index contributed by atoms with van der Waals surface area (Å²) in [5, 5.41) is 4.60. The van der Waals surface area contributed by atoms with Crippen molar-refractivity contribution in [2.75, 3.05) is 6.79 Å². The highest BCUT2D eigenvalue weighted by atomic mass is 35.5. The average Bonchev–Trinajstić information content (AvgIpc) is 3.29. The summed E-state index contributed by atoms with van der Waals surface area (Å²) in [4.78, 5) is 16.4. The zero-order valence-electron chi connectivity index (χ0n) is 13.1. The zero-order chi connectivity index (χ0) is 18.1. The fraction of sp³-hybridized carbons (Fsp3) is 0.118. The van der Waals surface area contributed by atoms with Gasteiger partial charge in [-0.15, -0.1) is 0 Å². The number of halogens is 2. The summed E-state index contributed by atoms with van der Waals surface area (Å²) in [5.74, 6) is 0.642. The molecule has 0 amide bonds. The highest BCUT2D eigenvalue weighted by Crippen LogP contribution is 2.40. The molecule has 1 aliphatic rings. The lowest BCUT2D eigenvalue weighted by Gasteiger charge is -2.04. The van der Waals surface area contributed by atoms with E-state index in [9.17, 15) is 4.79 Å². The molecule has 4 rings (SSSR count). The van der Waals surface area contributed by atoms with Crippen LogP contribution < -0.4 is 9.47 Å². The molecule has 0 saturated heterocycles. The van der Waals surface area contributed by atoms with Gasteiger partial charge in [0.25, 0.3) is 5.89 Å². The smallest absolute Gasteiger partial charge is 0.338 e. The summed E-state index contributed by atoms with van der Waals surface area (Å²) in [6.45, 7) is -0.136. The molecule has 7 nitrogen and oxygen atoms in total. The van der Waals surface area contributed by atoms with Crippen molar-refractivity contribution in [3.8, 4) is 22.9 Å². The van der Waals surface area contributed by atoms with Crippen LogP contribution in [0.3, 0.4) is 0 Å². The number of hydrogen-bond donors (Lipinski definition) is 0. The number of ether oxygens (including phenoxy) is 3. The van der Waals surface area contributed by atoms with E-state index in [1.54, 1.807) is 24.3 Å². The van der Waals surface area contributed by atoms with Gasteiger partial charge >= 0.3 is 5.97 Å². The van der Waals surface area contributed by atoms with Crippen molar-refractivity contribution in [2.45, 2.75) is 6.61 Å². The molecule has 0 saturated carbocycles. The van der Waals surface area contributed by atoms with E-state index in [1.807, 2.05) is 0 Å². The first kappa shape index (κ1) is 16.7. The number of benzene rings is 2. The summed E-state index contributed by atoms with van der Waals surface area (Å²) >= 11 is 12.2.